The number of para-hydroxylation sites is 1. The van der Waals surface area contributed by atoms with Crippen molar-refractivity contribution in [1.82, 2.24) is 9.88 Å². The smallest absolute Gasteiger partial charge is 0.338 e. The van der Waals surface area contributed by atoms with Crippen molar-refractivity contribution in [3.63, 3.8) is 0 Å². The third-order valence-electron chi connectivity index (χ3n) is 4.26. The number of hydrogen-bond acceptors (Lipinski definition) is 3. The molecule has 0 saturated heterocycles. The van der Waals surface area contributed by atoms with Crippen molar-refractivity contribution in [2.75, 3.05) is 6.54 Å². The molecule has 5 heteroatoms. The average molecular weight is 350 g/mol. The van der Waals surface area contributed by atoms with Gasteiger partial charge in [0.05, 0.1) is 11.3 Å². The molecule has 0 spiro atoms. The van der Waals surface area contributed by atoms with Gasteiger partial charge < -0.3 is 10.4 Å². The van der Waals surface area contributed by atoms with Gasteiger partial charge in [0.2, 0.25) is 0 Å². The van der Waals surface area contributed by atoms with Crippen molar-refractivity contribution < 1.29 is 9.90 Å². The van der Waals surface area contributed by atoms with Crippen LogP contribution in [-0.2, 0) is 6.54 Å². The summed E-state index contributed by atoms with van der Waals surface area (Å²) in [6.07, 6.45) is 0. The van der Waals surface area contributed by atoms with E-state index in [0.29, 0.717) is 34.6 Å². The van der Waals surface area contributed by atoms with Gasteiger partial charge in [0.15, 0.2) is 0 Å². The van der Waals surface area contributed by atoms with Crippen LogP contribution in [0.15, 0.2) is 59.4 Å². The van der Waals surface area contributed by atoms with Gasteiger partial charge >= 0.3 is 5.97 Å². The number of nitrogens with zero attached hydrogens (tertiary/aromatic N) is 1. The second-order valence-corrected chi connectivity index (χ2v) is 6.67. The zero-order valence-corrected chi connectivity index (χ0v) is 14.9. The fourth-order valence-electron chi connectivity index (χ4n) is 3.13. The average Bonchev–Trinajstić information content (AvgIpc) is 2.62. The normalized spacial score (nSPS) is 11.2. The predicted octanol–water partition coefficient (Wildman–Crippen LogP) is 3.43. The minimum atomic E-state index is -1.03. The van der Waals surface area contributed by atoms with E-state index in [-0.39, 0.29) is 11.1 Å². The van der Waals surface area contributed by atoms with E-state index in [0.717, 1.165) is 6.54 Å². The van der Waals surface area contributed by atoms with E-state index in [1.54, 1.807) is 24.3 Å². The van der Waals surface area contributed by atoms with Crippen molar-refractivity contribution in [2.24, 2.45) is 5.92 Å². The Morgan fingerprint density at radius 2 is 1.65 bits per heavy atom. The topological polar surface area (TPSA) is 71.3 Å². The highest BCUT2D eigenvalue weighted by atomic mass is 16.4. The van der Waals surface area contributed by atoms with Gasteiger partial charge in [0, 0.05) is 23.0 Å². The van der Waals surface area contributed by atoms with E-state index in [9.17, 15) is 14.7 Å². The quantitative estimate of drug-likeness (QED) is 0.714. The number of rotatable bonds is 6. The number of carbonyl (C=O) groups is 1. The van der Waals surface area contributed by atoms with Crippen LogP contribution in [0.2, 0.25) is 0 Å². The standard InChI is InChI=1S/C21H22N2O3/c1-14(2)12-22-13-18-19(21(25)26)16-10-6-7-11-17(16)20(24)23(18)15-8-4-3-5-9-15/h3-11,14,22H,12-13H2,1-2H3,(H,25,26). The van der Waals surface area contributed by atoms with Gasteiger partial charge in [-0.25, -0.2) is 4.79 Å². The number of nitrogens with one attached hydrogen (secondary N) is 1. The Bertz CT molecular complexity index is 991. The first-order chi connectivity index (χ1) is 12.5. The van der Waals surface area contributed by atoms with E-state index < -0.39 is 5.97 Å². The van der Waals surface area contributed by atoms with Crippen LogP contribution in [0.25, 0.3) is 16.5 Å². The first-order valence-corrected chi connectivity index (χ1v) is 8.66. The van der Waals surface area contributed by atoms with Crippen LogP contribution in [0, 0.1) is 5.92 Å². The first-order valence-electron chi connectivity index (χ1n) is 8.66. The van der Waals surface area contributed by atoms with Crippen molar-refractivity contribution in [3.05, 3.63) is 76.2 Å². The van der Waals surface area contributed by atoms with Crippen molar-refractivity contribution >= 4 is 16.7 Å². The summed E-state index contributed by atoms with van der Waals surface area (Å²) in [5.41, 5.74) is 1.08. The highest BCUT2D eigenvalue weighted by molar-refractivity contribution is 6.04. The first kappa shape index (κ1) is 17.9. The molecule has 0 aliphatic rings. The molecule has 0 amide bonds. The number of fused-ring (bicyclic) bond motifs is 1. The minimum absolute atomic E-state index is 0.167. The molecular weight excluding hydrogens is 328 g/mol. The molecule has 5 nitrogen and oxygen atoms in total. The van der Waals surface area contributed by atoms with Crippen LogP contribution in [0.1, 0.15) is 29.9 Å². The molecule has 1 heterocycles. The van der Waals surface area contributed by atoms with Gasteiger partial charge in [-0.15, -0.1) is 0 Å². The lowest BCUT2D eigenvalue weighted by atomic mass is 10.0. The zero-order chi connectivity index (χ0) is 18.7. The maximum absolute atomic E-state index is 13.2. The molecule has 2 aromatic carbocycles. The van der Waals surface area contributed by atoms with Crippen LogP contribution in [0.3, 0.4) is 0 Å². The largest absolute Gasteiger partial charge is 0.478 e. The summed E-state index contributed by atoms with van der Waals surface area (Å²) in [5, 5.41) is 14.0. The third-order valence-corrected chi connectivity index (χ3v) is 4.26. The molecule has 0 bridgehead atoms. The van der Waals surface area contributed by atoms with E-state index in [2.05, 4.69) is 19.2 Å². The molecule has 0 radical (unpaired) electrons. The maximum Gasteiger partial charge on any atom is 0.338 e. The molecule has 134 valence electrons. The van der Waals surface area contributed by atoms with Crippen LogP contribution in [0.5, 0.6) is 0 Å². The fraction of sp³-hybridized carbons (Fsp3) is 0.238. The number of pyridine rings is 1. The molecule has 0 fully saturated rings. The minimum Gasteiger partial charge on any atom is -0.478 e. The molecule has 3 rings (SSSR count). The van der Waals surface area contributed by atoms with Crippen molar-refractivity contribution in [3.8, 4) is 5.69 Å². The van der Waals surface area contributed by atoms with Gasteiger partial charge in [-0.2, -0.15) is 0 Å². The van der Waals surface area contributed by atoms with Gasteiger partial charge in [0.1, 0.15) is 0 Å². The molecular formula is C21H22N2O3. The molecule has 26 heavy (non-hydrogen) atoms. The SMILES string of the molecule is CC(C)CNCc1c(C(=O)O)c2ccccc2c(=O)n1-c1ccccc1. The Kier molecular flexibility index (Phi) is 5.19. The van der Waals surface area contributed by atoms with Gasteiger partial charge in [-0.3, -0.25) is 9.36 Å². The molecule has 3 aromatic rings. The second-order valence-electron chi connectivity index (χ2n) is 6.67. The monoisotopic (exact) mass is 350 g/mol. The van der Waals surface area contributed by atoms with Crippen LogP contribution >= 0.6 is 0 Å². The molecule has 2 N–H and O–H groups in total. The van der Waals surface area contributed by atoms with Gasteiger partial charge in [-0.1, -0.05) is 50.2 Å². The predicted molar refractivity (Wildman–Crippen MR) is 103 cm³/mol. The summed E-state index contributed by atoms with van der Waals surface area (Å²) in [6, 6.07) is 16.0. The van der Waals surface area contributed by atoms with Crippen molar-refractivity contribution in [1.29, 1.82) is 0 Å². The van der Waals surface area contributed by atoms with Crippen LogP contribution in [0.4, 0.5) is 0 Å². The highest BCUT2D eigenvalue weighted by Crippen LogP contribution is 2.22. The number of aromatic carboxylic acids is 1. The van der Waals surface area contributed by atoms with E-state index >= 15 is 0 Å². The van der Waals surface area contributed by atoms with Gasteiger partial charge in [-0.05, 0) is 30.7 Å². The van der Waals surface area contributed by atoms with Crippen molar-refractivity contribution in [2.45, 2.75) is 20.4 Å². The molecule has 0 atom stereocenters. The molecule has 1 aromatic heterocycles. The van der Waals surface area contributed by atoms with E-state index in [1.807, 2.05) is 30.3 Å². The third kappa shape index (κ3) is 3.39. The Balaban J connectivity index is 2.33. The lowest BCUT2D eigenvalue weighted by Crippen LogP contribution is -2.30. The van der Waals surface area contributed by atoms with E-state index in [4.69, 9.17) is 0 Å². The number of benzene rings is 2. The molecule has 0 aliphatic carbocycles. The number of carboxylic acid groups (broad SMARTS) is 1. The van der Waals surface area contributed by atoms with Crippen LogP contribution < -0.4 is 10.9 Å². The van der Waals surface area contributed by atoms with E-state index in [1.165, 1.54) is 4.57 Å². The lowest BCUT2D eigenvalue weighted by Gasteiger charge is -2.19. The summed E-state index contributed by atoms with van der Waals surface area (Å²) in [7, 11) is 0. The summed E-state index contributed by atoms with van der Waals surface area (Å²) >= 11 is 0. The summed E-state index contributed by atoms with van der Waals surface area (Å²) in [4.78, 5) is 25.2. The summed E-state index contributed by atoms with van der Waals surface area (Å²) in [5.74, 6) is -0.618. The maximum atomic E-state index is 13.2. The van der Waals surface area contributed by atoms with Crippen LogP contribution in [-0.4, -0.2) is 22.2 Å². The lowest BCUT2D eigenvalue weighted by molar-refractivity contribution is 0.0697. The van der Waals surface area contributed by atoms with Gasteiger partial charge in [0.25, 0.3) is 5.56 Å². The zero-order valence-electron chi connectivity index (χ0n) is 14.9. The fourth-order valence-corrected chi connectivity index (χ4v) is 3.13. The Hall–Kier alpha value is -2.92. The molecule has 0 aliphatic heterocycles. The Labute approximate surface area is 151 Å². The Morgan fingerprint density at radius 1 is 1.04 bits per heavy atom. The number of hydrogen-bond donors (Lipinski definition) is 2. The molecule has 0 unspecified atom stereocenters. The number of carboxylic acids is 1. The number of aromatic nitrogens is 1. The molecule has 0 saturated carbocycles. The summed E-state index contributed by atoms with van der Waals surface area (Å²) < 4.78 is 1.51. The Morgan fingerprint density at radius 3 is 2.27 bits per heavy atom. The summed E-state index contributed by atoms with van der Waals surface area (Å²) in [6.45, 7) is 5.19. The second kappa shape index (κ2) is 7.54. The highest BCUT2D eigenvalue weighted by Gasteiger charge is 2.21.